The fourth-order valence-corrected chi connectivity index (χ4v) is 7.02. The molecule has 4 aliphatic rings. The second-order valence-corrected chi connectivity index (χ2v) is 11.1. The highest BCUT2D eigenvalue weighted by atomic mass is 16.5. The van der Waals surface area contributed by atoms with Gasteiger partial charge < -0.3 is 29.3 Å². The number of nitrogens with zero attached hydrogens (tertiary/aromatic N) is 1. The van der Waals surface area contributed by atoms with Crippen LogP contribution < -0.4 is 21.3 Å². The van der Waals surface area contributed by atoms with Crippen molar-refractivity contribution >= 4 is 11.8 Å². The lowest BCUT2D eigenvalue weighted by molar-refractivity contribution is -0.965. The smallest absolute Gasteiger partial charge is 0.234 e. The van der Waals surface area contributed by atoms with Crippen molar-refractivity contribution in [2.45, 2.75) is 88.5 Å². The van der Waals surface area contributed by atoms with Gasteiger partial charge in [0.05, 0.1) is 24.9 Å². The Hall–Kier alpha value is -1.30. The van der Waals surface area contributed by atoms with E-state index in [0.717, 1.165) is 69.4 Å². The number of hydrogen-bond acceptors (Lipinski definition) is 7. The highest BCUT2D eigenvalue weighted by Crippen LogP contribution is 2.32. The van der Waals surface area contributed by atoms with E-state index in [1.54, 1.807) is 21.3 Å². The van der Waals surface area contributed by atoms with Gasteiger partial charge in [-0.3, -0.25) is 15.3 Å². The molecule has 0 aromatic rings. The predicted molar refractivity (Wildman–Crippen MR) is 135 cm³/mol. The van der Waals surface area contributed by atoms with Crippen molar-refractivity contribution in [3.8, 4) is 0 Å². The number of ether oxygens (including phenoxy) is 3. The summed E-state index contributed by atoms with van der Waals surface area (Å²) in [6.07, 6.45) is 8.44. The Morgan fingerprint density at radius 3 is 2.69 bits per heavy atom. The van der Waals surface area contributed by atoms with Crippen molar-refractivity contribution in [3.05, 3.63) is 0 Å². The lowest BCUT2D eigenvalue weighted by atomic mass is 9.79. The maximum absolute atomic E-state index is 13.6. The van der Waals surface area contributed by atoms with Crippen molar-refractivity contribution in [3.63, 3.8) is 0 Å². The first-order valence-corrected chi connectivity index (χ1v) is 14.0. The first-order valence-electron chi connectivity index (χ1n) is 14.0. The van der Waals surface area contributed by atoms with Crippen LogP contribution in [-0.2, 0) is 23.8 Å². The Bertz CT molecular complexity index is 742. The molecule has 2 amide bonds. The van der Waals surface area contributed by atoms with Crippen molar-refractivity contribution in [2.24, 2.45) is 23.5 Å². The van der Waals surface area contributed by atoms with E-state index in [1.807, 2.05) is 4.90 Å². The molecule has 206 valence electrons. The number of amides is 2. The van der Waals surface area contributed by atoms with Gasteiger partial charge in [-0.25, -0.2) is 5.32 Å². The Kier molecular flexibility index (Phi) is 9.99. The normalized spacial score (nSPS) is 38.8. The average molecular weight is 511 g/mol. The Balaban J connectivity index is 1.46. The molecule has 9 atom stereocenters. The fourth-order valence-electron chi connectivity index (χ4n) is 7.02. The topological polar surface area (TPSA) is 120 Å². The van der Waals surface area contributed by atoms with E-state index in [1.165, 1.54) is 0 Å². The van der Waals surface area contributed by atoms with Gasteiger partial charge in [-0.1, -0.05) is 0 Å². The molecule has 0 radical (unpaired) electrons. The third-order valence-electron chi connectivity index (χ3n) is 9.09. The molecular formula is C26H48N5O5+. The van der Waals surface area contributed by atoms with Crippen LogP contribution in [0.1, 0.15) is 57.8 Å². The highest BCUT2D eigenvalue weighted by Gasteiger charge is 2.55. The summed E-state index contributed by atoms with van der Waals surface area (Å²) in [4.78, 5) is 30.0. The summed E-state index contributed by atoms with van der Waals surface area (Å²) < 4.78 is 16.4. The molecule has 10 nitrogen and oxygen atoms in total. The molecule has 1 aliphatic carbocycles. The van der Waals surface area contributed by atoms with Gasteiger partial charge in [0.15, 0.2) is 12.3 Å². The van der Waals surface area contributed by atoms with Gasteiger partial charge in [-0.05, 0) is 63.7 Å². The van der Waals surface area contributed by atoms with Gasteiger partial charge in [0.1, 0.15) is 11.8 Å². The Morgan fingerprint density at radius 1 is 1.14 bits per heavy atom. The summed E-state index contributed by atoms with van der Waals surface area (Å²) in [6, 6.07) is 0. The maximum atomic E-state index is 13.6. The van der Waals surface area contributed by atoms with Gasteiger partial charge in [-0.15, -0.1) is 0 Å². The summed E-state index contributed by atoms with van der Waals surface area (Å²) in [5.41, 5.74) is 6.86. The number of nitrogens with one attached hydrogen (secondary N) is 3. The molecule has 9 unspecified atom stereocenters. The number of fused-ring (bicyclic) bond motifs is 2. The van der Waals surface area contributed by atoms with E-state index in [-0.39, 0.29) is 54.4 Å². The van der Waals surface area contributed by atoms with Crippen LogP contribution >= 0.6 is 0 Å². The summed E-state index contributed by atoms with van der Waals surface area (Å²) in [6.45, 7) is 2.80. The van der Waals surface area contributed by atoms with Crippen LogP contribution in [0.25, 0.3) is 0 Å². The van der Waals surface area contributed by atoms with Gasteiger partial charge in [0, 0.05) is 41.0 Å². The van der Waals surface area contributed by atoms with E-state index >= 15 is 0 Å². The zero-order valence-electron chi connectivity index (χ0n) is 22.4. The van der Waals surface area contributed by atoms with Crippen molar-refractivity contribution in [2.75, 3.05) is 47.6 Å². The van der Waals surface area contributed by atoms with E-state index in [9.17, 15) is 9.59 Å². The monoisotopic (exact) mass is 510 g/mol. The highest BCUT2D eigenvalue weighted by molar-refractivity contribution is 5.83. The number of likely N-dealkylation sites (tertiary alicyclic amines) is 1. The Morgan fingerprint density at radius 2 is 1.94 bits per heavy atom. The second-order valence-electron chi connectivity index (χ2n) is 11.1. The number of methoxy groups -OCH3 is 3. The fraction of sp³-hybridized carbons (Fsp3) is 0.923. The van der Waals surface area contributed by atoms with Gasteiger partial charge in [0.25, 0.3) is 0 Å². The quantitative estimate of drug-likeness (QED) is 0.291. The second kappa shape index (κ2) is 13.0. The minimum Gasteiger partial charge on any atom is -0.385 e. The minimum absolute atomic E-state index is 0.0387. The van der Waals surface area contributed by atoms with Crippen molar-refractivity contribution < 1.29 is 28.7 Å². The maximum Gasteiger partial charge on any atom is 0.234 e. The SMILES string of the molecule is COCCCNC(=O)C1CC2C(=O)N3CCCCC3NC2[NH+](CCC2CCC(OC)C(OC)C2)C1N. The van der Waals surface area contributed by atoms with Crippen LogP contribution in [0, 0.1) is 17.8 Å². The molecule has 1 saturated carbocycles. The van der Waals surface area contributed by atoms with E-state index < -0.39 is 0 Å². The minimum atomic E-state index is -0.383. The van der Waals surface area contributed by atoms with Crippen LogP contribution in [0.2, 0.25) is 0 Å². The molecule has 10 heteroatoms. The van der Waals surface area contributed by atoms with Crippen LogP contribution in [0.5, 0.6) is 0 Å². The Labute approximate surface area is 215 Å². The molecule has 3 heterocycles. The lowest BCUT2D eigenvalue weighted by Crippen LogP contribution is -3.26. The molecule has 0 aromatic heterocycles. The summed E-state index contributed by atoms with van der Waals surface area (Å²) in [5, 5.41) is 6.85. The van der Waals surface area contributed by atoms with E-state index in [4.69, 9.17) is 19.9 Å². The van der Waals surface area contributed by atoms with Gasteiger partial charge in [-0.2, -0.15) is 0 Å². The number of quaternary nitrogens is 1. The largest absolute Gasteiger partial charge is 0.385 e. The average Bonchev–Trinajstić information content (AvgIpc) is 2.90. The number of carbonyl (C=O) groups excluding carboxylic acids is 2. The molecule has 4 fully saturated rings. The molecular weight excluding hydrogens is 462 g/mol. The summed E-state index contributed by atoms with van der Waals surface area (Å²) >= 11 is 0. The number of hydrogen-bond donors (Lipinski definition) is 4. The number of carbonyl (C=O) groups is 2. The lowest BCUT2D eigenvalue weighted by Gasteiger charge is -2.53. The predicted octanol–water partition coefficient (Wildman–Crippen LogP) is -0.567. The number of piperidine rings is 2. The van der Waals surface area contributed by atoms with Crippen LogP contribution in [0.3, 0.4) is 0 Å². The molecule has 36 heavy (non-hydrogen) atoms. The number of nitrogens with two attached hydrogens (primary N) is 1. The third-order valence-corrected chi connectivity index (χ3v) is 9.09. The third kappa shape index (κ3) is 6.05. The van der Waals surface area contributed by atoms with Crippen molar-refractivity contribution in [1.82, 2.24) is 15.5 Å². The number of rotatable bonds is 10. The molecule has 0 spiro atoms. The van der Waals surface area contributed by atoms with Gasteiger partial charge >= 0.3 is 0 Å². The molecule has 3 aliphatic heterocycles. The first-order chi connectivity index (χ1) is 17.5. The van der Waals surface area contributed by atoms with Crippen LogP contribution in [0.15, 0.2) is 0 Å². The standard InChI is InChI=1S/C26H47N5O5/c1-34-14-6-11-28-25(32)18-16-19-24(29-22-7-4-5-12-30(22)26(19)33)31(23(18)27)13-10-17-8-9-20(35-2)21(15-17)36-3/h17-24,29H,4-16,27H2,1-3H3,(H,28,32)/p+1. The summed E-state index contributed by atoms with van der Waals surface area (Å²) in [7, 11) is 5.18. The van der Waals surface area contributed by atoms with Gasteiger partial charge in [0.2, 0.25) is 11.8 Å². The first kappa shape index (κ1) is 27.7. The van der Waals surface area contributed by atoms with Crippen molar-refractivity contribution in [1.29, 1.82) is 0 Å². The zero-order chi connectivity index (χ0) is 25.7. The van der Waals surface area contributed by atoms with Crippen LogP contribution in [-0.4, -0.2) is 95.0 Å². The van der Waals surface area contributed by atoms with E-state index in [2.05, 4.69) is 10.6 Å². The molecule has 3 saturated heterocycles. The molecule has 5 N–H and O–H groups in total. The zero-order valence-corrected chi connectivity index (χ0v) is 22.4. The molecule has 4 rings (SSSR count). The van der Waals surface area contributed by atoms with Crippen LogP contribution in [0.4, 0.5) is 0 Å². The summed E-state index contributed by atoms with van der Waals surface area (Å²) in [5.74, 6) is 0.0770. The molecule has 0 aromatic carbocycles. The molecule has 0 bridgehead atoms. The van der Waals surface area contributed by atoms with E-state index in [0.29, 0.717) is 25.5 Å².